The Kier molecular flexibility index (Phi) is 5.03. The van der Waals surface area contributed by atoms with E-state index in [0.717, 1.165) is 19.0 Å². The number of hydrogen-bond acceptors (Lipinski definition) is 3. The van der Waals surface area contributed by atoms with Gasteiger partial charge >= 0.3 is 0 Å². The Morgan fingerprint density at radius 2 is 2.05 bits per heavy atom. The molecule has 1 fully saturated rings. The van der Waals surface area contributed by atoms with Crippen LogP contribution >= 0.6 is 0 Å². The topological polar surface area (TPSA) is 52.6 Å². The minimum absolute atomic E-state index is 0.102. The van der Waals surface area contributed by atoms with E-state index in [-0.39, 0.29) is 31.5 Å². The maximum Gasteiger partial charge on any atom is 0.234 e. The Balaban J connectivity index is 1.77. The monoisotopic (exact) mass is 284 g/mol. The Morgan fingerprint density at radius 1 is 1.35 bits per heavy atom. The first-order valence-corrected chi connectivity index (χ1v) is 6.61. The van der Waals surface area contributed by atoms with Crippen molar-refractivity contribution in [1.29, 1.82) is 0 Å². The fraction of sp³-hybridized carbons (Fsp3) is 0.500. The first-order chi connectivity index (χ1) is 9.56. The van der Waals surface area contributed by atoms with E-state index in [0.29, 0.717) is 12.1 Å². The van der Waals surface area contributed by atoms with Crippen LogP contribution in [0.3, 0.4) is 0 Å². The molecule has 1 saturated heterocycles. The Labute approximate surface area is 116 Å². The maximum atomic E-state index is 13.0. The van der Waals surface area contributed by atoms with Gasteiger partial charge in [0.15, 0.2) is 0 Å². The minimum atomic E-state index is -0.653. The van der Waals surface area contributed by atoms with Crippen molar-refractivity contribution in [2.45, 2.75) is 13.0 Å². The molecule has 6 heteroatoms. The molecule has 0 radical (unpaired) electrons. The molecule has 1 heterocycles. The van der Waals surface area contributed by atoms with Gasteiger partial charge in [-0.25, -0.2) is 8.78 Å². The van der Waals surface area contributed by atoms with E-state index in [2.05, 4.69) is 5.32 Å². The summed E-state index contributed by atoms with van der Waals surface area (Å²) in [5, 5.41) is 11.7. The summed E-state index contributed by atoms with van der Waals surface area (Å²) in [5.74, 6) is -1.26. The lowest BCUT2D eigenvalue weighted by molar-refractivity contribution is -0.122. The first-order valence-electron chi connectivity index (χ1n) is 6.61. The van der Waals surface area contributed by atoms with Crippen LogP contribution < -0.4 is 5.32 Å². The van der Waals surface area contributed by atoms with Crippen LogP contribution in [-0.4, -0.2) is 42.2 Å². The zero-order chi connectivity index (χ0) is 14.5. The van der Waals surface area contributed by atoms with Gasteiger partial charge in [-0.3, -0.25) is 9.69 Å². The molecule has 1 aliphatic rings. The fourth-order valence-corrected chi connectivity index (χ4v) is 2.38. The number of halogens is 2. The highest BCUT2D eigenvalue weighted by Gasteiger charge is 2.23. The first kappa shape index (κ1) is 14.9. The van der Waals surface area contributed by atoms with Gasteiger partial charge in [0.25, 0.3) is 0 Å². The normalized spacial score (nSPS) is 19.2. The number of carbonyl (C=O) groups excluding carboxylic acids is 1. The third-order valence-electron chi connectivity index (χ3n) is 3.41. The van der Waals surface area contributed by atoms with Crippen molar-refractivity contribution in [2.24, 2.45) is 5.92 Å². The standard InChI is InChI=1S/C14H18F2N2O2/c15-12-3-11(4-13(16)5-12)6-17-14(20)8-18-2-1-10(7-18)9-19/h3-5,10,19H,1-2,6-9H2,(H,17,20). The van der Waals surface area contributed by atoms with E-state index >= 15 is 0 Å². The van der Waals surface area contributed by atoms with Crippen LogP contribution in [0.5, 0.6) is 0 Å². The van der Waals surface area contributed by atoms with Crippen LogP contribution in [0.1, 0.15) is 12.0 Å². The summed E-state index contributed by atoms with van der Waals surface area (Å²) >= 11 is 0. The zero-order valence-corrected chi connectivity index (χ0v) is 11.1. The molecule has 4 nitrogen and oxygen atoms in total. The summed E-state index contributed by atoms with van der Waals surface area (Å²) in [5.41, 5.74) is 0.394. The highest BCUT2D eigenvalue weighted by Crippen LogP contribution is 2.14. The Hall–Kier alpha value is -1.53. The van der Waals surface area contributed by atoms with E-state index in [1.807, 2.05) is 4.90 Å². The second-order valence-electron chi connectivity index (χ2n) is 5.13. The van der Waals surface area contributed by atoms with Crippen LogP contribution in [0.2, 0.25) is 0 Å². The van der Waals surface area contributed by atoms with E-state index in [9.17, 15) is 13.6 Å². The van der Waals surface area contributed by atoms with Crippen LogP contribution in [0.25, 0.3) is 0 Å². The number of amides is 1. The lowest BCUT2D eigenvalue weighted by atomic mass is 10.1. The molecule has 1 aromatic rings. The van der Waals surface area contributed by atoms with Crippen molar-refractivity contribution in [2.75, 3.05) is 26.2 Å². The largest absolute Gasteiger partial charge is 0.396 e. The molecule has 0 saturated carbocycles. The third kappa shape index (κ3) is 4.25. The molecule has 0 spiro atoms. The zero-order valence-electron chi connectivity index (χ0n) is 11.1. The van der Waals surface area contributed by atoms with Gasteiger partial charge in [0.1, 0.15) is 11.6 Å². The number of nitrogens with one attached hydrogen (secondary N) is 1. The molecule has 110 valence electrons. The average Bonchev–Trinajstić information content (AvgIpc) is 2.83. The Morgan fingerprint density at radius 3 is 2.65 bits per heavy atom. The Bertz CT molecular complexity index is 462. The number of aliphatic hydroxyl groups is 1. The van der Waals surface area contributed by atoms with Gasteiger partial charge in [0.2, 0.25) is 5.91 Å². The molecule has 0 aliphatic carbocycles. The van der Waals surface area contributed by atoms with E-state index in [1.54, 1.807) is 0 Å². The minimum Gasteiger partial charge on any atom is -0.396 e. The second kappa shape index (κ2) is 6.76. The van der Waals surface area contributed by atoms with Crippen molar-refractivity contribution < 1.29 is 18.7 Å². The third-order valence-corrected chi connectivity index (χ3v) is 3.41. The average molecular weight is 284 g/mol. The molecule has 2 N–H and O–H groups in total. The summed E-state index contributed by atoms with van der Waals surface area (Å²) < 4.78 is 26.0. The van der Waals surface area contributed by atoms with Gasteiger partial charge < -0.3 is 10.4 Å². The van der Waals surface area contributed by atoms with Crippen molar-refractivity contribution in [1.82, 2.24) is 10.2 Å². The SMILES string of the molecule is O=C(CN1CCC(CO)C1)NCc1cc(F)cc(F)c1. The molecule has 0 bridgehead atoms. The second-order valence-corrected chi connectivity index (χ2v) is 5.13. The molecule has 0 aromatic heterocycles. The summed E-state index contributed by atoms with van der Waals surface area (Å²) in [6.45, 7) is 1.98. The van der Waals surface area contributed by atoms with Crippen LogP contribution in [-0.2, 0) is 11.3 Å². The van der Waals surface area contributed by atoms with Crippen molar-refractivity contribution in [3.63, 3.8) is 0 Å². The van der Waals surface area contributed by atoms with E-state index in [1.165, 1.54) is 12.1 Å². The number of nitrogens with zero attached hydrogens (tertiary/aromatic N) is 1. The van der Waals surface area contributed by atoms with Gasteiger partial charge in [0, 0.05) is 25.8 Å². The van der Waals surface area contributed by atoms with Crippen molar-refractivity contribution in [3.8, 4) is 0 Å². The van der Waals surface area contributed by atoms with E-state index in [4.69, 9.17) is 5.11 Å². The highest BCUT2D eigenvalue weighted by molar-refractivity contribution is 5.78. The molecule has 1 atom stereocenters. The van der Waals surface area contributed by atoms with E-state index < -0.39 is 11.6 Å². The maximum absolute atomic E-state index is 13.0. The predicted molar refractivity (Wildman–Crippen MR) is 69.8 cm³/mol. The fourth-order valence-electron chi connectivity index (χ4n) is 2.38. The molecule has 1 aromatic carbocycles. The van der Waals surface area contributed by atoms with Gasteiger partial charge in [-0.15, -0.1) is 0 Å². The summed E-state index contributed by atoms with van der Waals surface area (Å²) in [7, 11) is 0. The number of benzene rings is 1. The van der Waals surface area contributed by atoms with Crippen LogP contribution in [0.15, 0.2) is 18.2 Å². The molecular weight excluding hydrogens is 266 g/mol. The van der Waals surface area contributed by atoms with Gasteiger partial charge in [-0.1, -0.05) is 0 Å². The number of aliphatic hydroxyl groups excluding tert-OH is 1. The van der Waals surface area contributed by atoms with Crippen LogP contribution in [0, 0.1) is 17.6 Å². The summed E-state index contributed by atoms with van der Waals surface area (Å²) in [4.78, 5) is 13.7. The molecule has 2 rings (SSSR count). The molecule has 20 heavy (non-hydrogen) atoms. The molecule has 1 aliphatic heterocycles. The quantitative estimate of drug-likeness (QED) is 0.844. The predicted octanol–water partition coefficient (Wildman–Crippen LogP) is 0.895. The number of hydrogen-bond donors (Lipinski definition) is 2. The molecular formula is C14H18F2N2O2. The smallest absolute Gasteiger partial charge is 0.234 e. The van der Waals surface area contributed by atoms with Gasteiger partial charge in [-0.2, -0.15) is 0 Å². The lowest BCUT2D eigenvalue weighted by Crippen LogP contribution is -2.36. The summed E-state index contributed by atoms with van der Waals surface area (Å²) in [6, 6.07) is 3.19. The number of likely N-dealkylation sites (tertiary alicyclic amines) is 1. The summed E-state index contributed by atoms with van der Waals surface area (Å²) in [6.07, 6.45) is 0.888. The highest BCUT2D eigenvalue weighted by atomic mass is 19.1. The number of rotatable bonds is 5. The molecule has 1 amide bonds. The van der Waals surface area contributed by atoms with Crippen molar-refractivity contribution >= 4 is 5.91 Å². The number of carbonyl (C=O) groups is 1. The van der Waals surface area contributed by atoms with Crippen molar-refractivity contribution in [3.05, 3.63) is 35.4 Å². The van der Waals surface area contributed by atoms with Crippen LogP contribution in [0.4, 0.5) is 8.78 Å². The molecule has 1 unspecified atom stereocenters. The van der Waals surface area contributed by atoms with Gasteiger partial charge in [0.05, 0.1) is 6.54 Å². The lowest BCUT2D eigenvalue weighted by Gasteiger charge is -2.15. The van der Waals surface area contributed by atoms with Gasteiger partial charge in [-0.05, 0) is 36.6 Å².